The molecule has 1 aliphatic carbocycles. The fraction of sp³-hybridized carbons (Fsp3) is 0.348. The first-order valence-electron chi connectivity index (χ1n) is 10.5. The molecule has 4 rings (SSSR count). The highest BCUT2D eigenvalue weighted by molar-refractivity contribution is 7.91. The van der Waals surface area contributed by atoms with Gasteiger partial charge in [-0.15, -0.1) is 0 Å². The van der Waals surface area contributed by atoms with Crippen LogP contribution in [-0.2, 0) is 15.6 Å². The largest absolute Gasteiger partial charge is 0.496 e. The van der Waals surface area contributed by atoms with E-state index in [0.717, 1.165) is 37.7 Å². The van der Waals surface area contributed by atoms with Crippen molar-refractivity contribution in [1.82, 2.24) is 15.0 Å². The summed E-state index contributed by atoms with van der Waals surface area (Å²) in [5, 5.41) is 2.85. The first kappa shape index (κ1) is 22.1. The number of anilines is 2. The van der Waals surface area contributed by atoms with Gasteiger partial charge < -0.3 is 10.1 Å². The van der Waals surface area contributed by atoms with Crippen LogP contribution in [0, 0.1) is 5.82 Å². The molecule has 1 aromatic heterocycles. The lowest BCUT2D eigenvalue weighted by Crippen LogP contribution is -2.25. The predicted octanol–water partition coefficient (Wildman–Crippen LogP) is 4.68. The van der Waals surface area contributed by atoms with Crippen molar-refractivity contribution in [3.8, 4) is 17.1 Å². The molecule has 1 saturated carbocycles. The highest BCUT2D eigenvalue weighted by Crippen LogP contribution is 2.29. The zero-order valence-electron chi connectivity index (χ0n) is 17.8. The van der Waals surface area contributed by atoms with Crippen LogP contribution in [-0.4, -0.2) is 35.7 Å². The van der Waals surface area contributed by atoms with E-state index in [2.05, 4.69) is 20.3 Å². The van der Waals surface area contributed by atoms with Crippen LogP contribution in [0.5, 0.6) is 5.75 Å². The van der Waals surface area contributed by atoms with Gasteiger partial charge in [0, 0.05) is 11.8 Å². The number of hydrogen-bond donors (Lipinski definition) is 1. The summed E-state index contributed by atoms with van der Waals surface area (Å²) < 4.78 is 44.4. The molecule has 0 aliphatic heterocycles. The Bertz CT molecular complexity index is 1200. The second-order valence-corrected chi connectivity index (χ2v) is 10.2. The molecule has 168 valence electrons. The molecule has 2 aromatic carbocycles. The second-order valence-electron chi connectivity index (χ2n) is 7.87. The Balaban J connectivity index is 1.52. The summed E-state index contributed by atoms with van der Waals surface area (Å²) in [7, 11) is -1.74. The average molecular weight is 457 g/mol. The molecule has 1 aliphatic rings. The summed E-state index contributed by atoms with van der Waals surface area (Å²) in [5.74, 6) is 0.529. The first-order valence-corrected chi connectivity index (χ1v) is 12.3. The van der Waals surface area contributed by atoms with Gasteiger partial charge in [-0.3, -0.25) is 0 Å². The molecule has 1 fully saturated rings. The van der Waals surface area contributed by atoms with Gasteiger partial charge >= 0.3 is 0 Å². The molecule has 0 atom stereocenters. The molecule has 0 unspecified atom stereocenters. The number of benzene rings is 2. The van der Waals surface area contributed by atoms with Crippen LogP contribution >= 0.6 is 0 Å². The number of halogens is 1. The zero-order valence-corrected chi connectivity index (χ0v) is 18.6. The van der Waals surface area contributed by atoms with Gasteiger partial charge in [-0.1, -0.05) is 31.4 Å². The zero-order chi connectivity index (χ0) is 22.6. The van der Waals surface area contributed by atoms with Gasteiger partial charge in [-0.2, -0.15) is 4.98 Å². The first-order chi connectivity index (χ1) is 15.4. The van der Waals surface area contributed by atoms with Gasteiger partial charge in [-0.25, -0.2) is 22.8 Å². The number of nitrogens with one attached hydrogen (secondary N) is 1. The fourth-order valence-corrected chi connectivity index (χ4v) is 5.91. The number of sulfone groups is 1. The Morgan fingerprint density at radius 3 is 2.69 bits per heavy atom. The molecule has 0 spiro atoms. The number of methoxy groups -OCH3 is 1. The van der Waals surface area contributed by atoms with Crippen LogP contribution in [0.1, 0.15) is 37.7 Å². The topological polar surface area (TPSA) is 94.1 Å². The molecular weight excluding hydrogens is 431 g/mol. The van der Waals surface area contributed by atoms with Crippen molar-refractivity contribution in [3.63, 3.8) is 0 Å². The van der Waals surface area contributed by atoms with Crippen molar-refractivity contribution in [1.29, 1.82) is 0 Å². The van der Waals surface area contributed by atoms with Crippen LogP contribution in [0.25, 0.3) is 11.4 Å². The number of rotatable bonds is 7. The van der Waals surface area contributed by atoms with Crippen molar-refractivity contribution >= 4 is 21.5 Å². The van der Waals surface area contributed by atoms with Gasteiger partial charge in [-0.05, 0) is 42.7 Å². The van der Waals surface area contributed by atoms with E-state index < -0.39 is 15.7 Å². The third-order valence-corrected chi connectivity index (χ3v) is 7.81. The van der Waals surface area contributed by atoms with Crippen molar-refractivity contribution < 1.29 is 17.5 Å². The van der Waals surface area contributed by atoms with Gasteiger partial charge in [0.05, 0.1) is 23.7 Å². The molecule has 3 aromatic rings. The third kappa shape index (κ3) is 5.21. The maximum absolute atomic E-state index is 13.5. The second kappa shape index (κ2) is 9.60. The molecule has 7 nitrogen and oxygen atoms in total. The van der Waals surface area contributed by atoms with Gasteiger partial charge in [0.1, 0.15) is 17.9 Å². The highest BCUT2D eigenvalue weighted by Gasteiger charge is 2.27. The van der Waals surface area contributed by atoms with Crippen LogP contribution in [0.4, 0.5) is 16.0 Å². The van der Waals surface area contributed by atoms with E-state index in [9.17, 15) is 12.8 Å². The van der Waals surface area contributed by atoms with Crippen molar-refractivity contribution in [2.24, 2.45) is 0 Å². The van der Waals surface area contributed by atoms with Crippen molar-refractivity contribution in [3.05, 3.63) is 60.2 Å². The molecule has 0 amide bonds. The van der Waals surface area contributed by atoms with Crippen LogP contribution in [0.3, 0.4) is 0 Å². The lowest BCUT2D eigenvalue weighted by atomic mass is 10.0. The van der Waals surface area contributed by atoms with E-state index in [4.69, 9.17) is 4.74 Å². The van der Waals surface area contributed by atoms with Crippen LogP contribution in [0.2, 0.25) is 0 Å². The quantitative estimate of drug-likeness (QED) is 0.552. The smallest absolute Gasteiger partial charge is 0.230 e. The number of nitrogens with zero attached hydrogens (tertiary/aromatic N) is 3. The van der Waals surface area contributed by atoms with Gasteiger partial charge in [0.2, 0.25) is 5.95 Å². The van der Waals surface area contributed by atoms with E-state index in [1.165, 1.54) is 25.6 Å². The van der Waals surface area contributed by atoms with Gasteiger partial charge in [0.25, 0.3) is 0 Å². The summed E-state index contributed by atoms with van der Waals surface area (Å²) in [6, 6.07) is 11.4. The van der Waals surface area contributed by atoms with E-state index in [1.54, 1.807) is 18.2 Å². The molecule has 0 saturated heterocycles. The normalized spacial score (nSPS) is 14.8. The number of ether oxygens (including phenoxy) is 1. The van der Waals surface area contributed by atoms with Crippen molar-refractivity contribution in [2.45, 2.75) is 43.1 Å². The number of hydrogen-bond acceptors (Lipinski definition) is 7. The maximum atomic E-state index is 13.5. The monoisotopic (exact) mass is 456 g/mol. The van der Waals surface area contributed by atoms with E-state index in [0.29, 0.717) is 22.8 Å². The number of aromatic nitrogens is 3. The van der Waals surface area contributed by atoms with Crippen LogP contribution < -0.4 is 10.1 Å². The highest BCUT2D eigenvalue weighted by atomic mass is 32.2. The molecule has 32 heavy (non-hydrogen) atoms. The van der Waals surface area contributed by atoms with E-state index >= 15 is 0 Å². The Morgan fingerprint density at radius 1 is 1.09 bits per heavy atom. The molecule has 9 heteroatoms. The summed E-state index contributed by atoms with van der Waals surface area (Å²) in [6.45, 7) is 0. The lowest BCUT2D eigenvalue weighted by molar-refractivity contribution is 0.412. The minimum absolute atomic E-state index is 0.0163. The Morgan fingerprint density at radius 2 is 1.91 bits per heavy atom. The maximum Gasteiger partial charge on any atom is 0.230 e. The standard InChI is InChI=1S/C23H25FN4O3S/c1-31-21-13-17(24)10-11-20(21)22-25-15-26-23(28-22)27-18-7-5-6-16(12-18)14-32(29,30)19-8-3-2-4-9-19/h5-7,10-13,15,19H,2-4,8-9,14H2,1H3,(H,25,26,27,28). The minimum Gasteiger partial charge on any atom is -0.496 e. The van der Waals surface area contributed by atoms with E-state index in [-0.39, 0.29) is 17.0 Å². The Labute approximate surface area is 187 Å². The predicted molar refractivity (Wildman–Crippen MR) is 121 cm³/mol. The van der Waals surface area contributed by atoms with Crippen LogP contribution in [0.15, 0.2) is 48.8 Å². The summed E-state index contributed by atoms with van der Waals surface area (Å²) in [6.07, 6.45) is 5.92. The molecule has 0 bridgehead atoms. The van der Waals surface area contributed by atoms with Gasteiger partial charge in [0.15, 0.2) is 15.7 Å². The molecule has 0 radical (unpaired) electrons. The minimum atomic E-state index is -3.19. The fourth-order valence-electron chi connectivity index (χ4n) is 3.98. The lowest BCUT2D eigenvalue weighted by Gasteiger charge is -2.21. The summed E-state index contributed by atoms with van der Waals surface area (Å²) in [5.41, 5.74) is 1.92. The molecule has 1 N–H and O–H groups in total. The Kier molecular flexibility index (Phi) is 6.64. The SMILES string of the molecule is COc1cc(F)ccc1-c1ncnc(Nc2cccc(CS(=O)(=O)C3CCCCC3)c2)n1. The molecular formula is C23H25FN4O3S. The van der Waals surface area contributed by atoms with Crippen molar-refractivity contribution in [2.75, 3.05) is 12.4 Å². The summed E-state index contributed by atoms with van der Waals surface area (Å²) in [4.78, 5) is 12.7. The third-order valence-electron chi connectivity index (χ3n) is 5.59. The average Bonchev–Trinajstić information content (AvgIpc) is 2.79. The molecule has 1 heterocycles. The summed E-state index contributed by atoms with van der Waals surface area (Å²) >= 11 is 0. The van der Waals surface area contributed by atoms with E-state index in [1.807, 2.05) is 12.1 Å². The Hall–Kier alpha value is -3.07.